The van der Waals surface area contributed by atoms with Gasteiger partial charge in [0.2, 0.25) is 5.91 Å². The van der Waals surface area contributed by atoms with E-state index in [1.807, 2.05) is 48.5 Å². The maximum atomic E-state index is 13.5. The fourth-order valence-electron chi connectivity index (χ4n) is 4.31. The third-order valence-corrected chi connectivity index (χ3v) is 8.20. The fourth-order valence-corrected chi connectivity index (χ4v) is 6.08. The zero-order chi connectivity index (χ0) is 27.4. The van der Waals surface area contributed by atoms with Gasteiger partial charge in [-0.1, -0.05) is 54.3 Å². The number of dihydropyridines is 1. The quantitative estimate of drug-likeness (QED) is 0.238. The molecule has 0 spiro atoms. The summed E-state index contributed by atoms with van der Waals surface area (Å²) in [6.07, 6.45) is 2.41. The lowest BCUT2D eigenvalue weighted by Gasteiger charge is -2.28. The molecule has 0 saturated heterocycles. The maximum absolute atomic E-state index is 13.5. The number of aryl methyl sites for hydroxylation is 1. The molecular weight excluding hydrogens is 530 g/mol. The maximum Gasteiger partial charge on any atom is 0.254 e. The predicted molar refractivity (Wildman–Crippen MR) is 155 cm³/mol. The Morgan fingerprint density at radius 1 is 1.13 bits per heavy atom. The van der Waals surface area contributed by atoms with Crippen LogP contribution < -0.4 is 16.0 Å². The molecule has 39 heavy (non-hydrogen) atoms. The lowest BCUT2D eigenvalue weighted by Crippen LogP contribution is -2.31. The molecule has 196 valence electrons. The zero-order valence-corrected chi connectivity index (χ0v) is 22.9. The Kier molecular flexibility index (Phi) is 7.81. The van der Waals surface area contributed by atoms with Crippen molar-refractivity contribution in [2.75, 3.05) is 16.4 Å². The summed E-state index contributed by atoms with van der Waals surface area (Å²) >= 11 is 2.59. The van der Waals surface area contributed by atoms with E-state index >= 15 is 0 Å². The van der Waals surface area contributed by atoms with E-state index in [2.05, 4.69) is 33.9 Å². The number of rotatable bonds is 8. The van der Waals surface area contributed by atoms with Crippen molar-refractivity contribution in [2.45, 2.75) is 26.2 Å². The van der Waals surface area contributed by atoms with Gasteiger partial charge in [0.15, 0.2) is 5.13 Å². The van der Waals surface area contributed by atoms with Crippen molar-refractivity contribution in [3.8, 4) is 6.07 Å². The largest absolute Gasteiger partial charge is 0.468 e. The van der Waals surface area contributed by atoms with E-state index in [-0.39, 0.29) is 17.6 Å². The summed E-state index contributed by atoms with van der Waals surface area (Å²) in [4.78, 5) is 30.7. The van der Waals surface area contributed by atoms with Gasteiger partial charge in [-0.05, 0) is 55.3 Å². The van der Waals surface area contributed by atoms with Gasteiger partial charge in [0.25, 0.3) is 5.91 Å². The molecule has 0 aliphatic carbocycles. The third kappa shape index (κ3) is 5.74. The van der Waals surface area contributed by atoms with E-state index in [9.17, 15) is 14.9 Å². The molecule has 2 aromatic heterocycles. The molecule has 1 aliphatic heterocycles. The number of aromatic nitrogens is 1. The number of nitrogens with zero attached hydrogens (tertiary/aromatic N) is 2. The topological polar surface area (TPSA) is 120 Å². The van der Waals surface area contributed by atoms with Crippen molar-refractivity contribution in [1.29, 1.82) is 5.26 Å². The van der Waals surface area contributed by atoms with E-state index < -0.39 is 5.92 Å². The van der Waals surface area contributed by atoms with Crippen LogP contribution in [0.2, 0.25) is 0 Å². The molecule has 1 atom stereocenters. The first-order valence-corrected chi connectivity index (χ1v) is 14.1. The number of para-hydroxylation sites is 1. The minimum absolute atomic E-state index is 0.0485. The first kappa shape index (κ1) is 26.3. The van der Waals surface area contributed by atoms with Gasteiger partial charge in [-0.25, -0.2) is 4.98 Å². The van der Waals surface area contributed by atoms with Crippen LogP contribution in [0.5, 0.6) is 0 Å². The number of thioether (sulfide) groups is 1. The zero-order valence-electron chi connectivity index (χ0n) is 21.3. The molecule has 1 aliphatic rings. The number of amides is 2. The van der Waals surface area contributed by atoms with Crippen LogP contribution in [0, 0.1) is 11.3 Å². The van der Waals surface area contributed by atoms with Crippen molar-refractivity contribution < 1.29 is 14.0 Å². The number of benzene rings is 2. The number of hydrogen-bond donors (Lipinski definition) is 3. The molecule has 3 N–H and O–H groups in total. The van der Waals surface area contributed by atoms with Crippen LogP contribution in [-0.4, -0.2) is 22.6 Å². The van der Waals surface area contributed by atoms with Crippen LogP contribution in [-0.2, 0) is 16.0 Å². The summed E-state index contributed by atoms with van der Waals surface area (Å²) in [6.45, 7) is 3.85. The summed E-state index contributed by atoms with van der Waals surface area (Å²) in [5, 5.41) is 20.2. The summed E-state index contributed by atoms with van der Waals surface area (Å²) < 4.78 is 6.66. The number of thiazole rings is 1. The van der Waals surface area contributed by atoms with E-state index in [1.165, 1.54) is 34.9 Å². The summed E-state index contributed by atoms with van der Waals surface area (Å²) in [5.74, 6) is -0.795. The lowest BCUT2D eigenvalue weighted by atomic mass is 9.85. The number of furan rings is 1. The molecule has 0 saturated carbocycles. The molecule has 0 unspecified atom stereocenters. The second-order valence-corrected chi connectivity index (χ2v) is 10.8. The van der Waals surface area contributed by atoms with E-state index in [0.717, 1.165) is 16.6 Å². The second-order valence-electron chi connectivity index (χ2n) is 8.79. The molecule has 2 aromatic carbocycles. The van der Waals surface area contributed by atoms with Gasteiger partial charge in [0.05, 0.1) is 50.4 Å². The standard InChI is InChI=1S/C29H25N5O3S2/c1-3-18-10-12-19(13-11-18)32-27(36)25-17(2)31-28(20(15-30)26(25)22-8-6-14-37-22)38-16-24(35)34-29-33-21-7-4-5-9-23(21)39-29/h4-14,26,31H,3,16H2,1-2H3,(H,32,36)(H,33,34,35)/t26-/m1/s1. The van der Waals surface area contributed by atoms with Gasteiger partial charge in [0.1, 0.15) is 5.76 Å². The number of allylic oxidation sites excluding steroid dienone is 2. The van der Waals surface area contributed by atoms with Crippen LogP contribution in [0.25, 0.3) is 10.2 Å². The molecule has 5 rings (SSSR count). The Balaban J connectivity index is 1.36. The van der Waals surface area contributed by atoms with Crippen LogP contribution >= 0.6 is 23.1 Å². The van der Waals surface area contributed by atoms with Crippen molar-refractivity contribution >= 4 is 55.9 Å². The smallest absolute Gasteiger partial charge is 0.254 e. The fraction of sp³-hybridized carbons (Fsp3) is 0.172. The van der Waals surface area contributed by atoms with E-state index in [4.69, 9.17) is 4.42 Å². The molecule has 0 radical (unpaired) electrons. The average molecular weight is 556 g/mol. The van der Waals surface area contributed by atoms with Crippen LogP contribution in [0.15, 0.2) is 93.2 Å². The lowest BCUT2D eigenvalue weighted by molar-refractivity contribution is -0.114. The minimum Gasteiger partial charge on any atom is -0.468 e. The number of carbonyl (C=O) groups is 2. The van der Waals surface area contributed by atoms with Gasteiger partial charge in [-0.15, -0.1) is 0 Å². The number of nitriles is 1. The van der Waals surface area contributed by atoms with E-state index in [0.29, 0.717) is 38.5 Å². The number of nitrogens with one attached hydrogen (secondary N) is 3. The second kappa shape index (κ2) is 11.6. The Hall–Kier alpha value is -4.33. The molecular formula is C29H25N5O3S2. The minimum atomic E-state index is -0.726. The molecule has 10 heteroatoms. The molecule has 4 aromatic rings. The Morgan fingerprint density at radius 2 is 1.92 bits per heavy atom. The van der Waals surface area contributed by atoms with Crippen molar-refractivity contribution in [2.24, 2.45) is 0 Å². The summed E-state index contributed by atoms with van der Waals surface area (Å²) in [7, 11) is 0. The van der Waals surface area contributed by atoms with Crippen LogP contribution in [0.1, 0.15) is 31.1 Å². The van der Waals surface area contributed by atoms with Crippen LogP contribution in [0.4, 0.5) is 10.8 Å². The first-order chi connectivity index (χ1) is 19.0. The highest BCUT2D eigenvalue weighted by Gasteiger charge is 2.36. The first-order valence-electron chi connectivity index (χ1n) is 12.3. The number of carbonyl (C=O) groups excluding carboxylic acids is 2. The number of anilines is 2. The third-order valence-electron chi connectivity index (χ3n) is 6.23. The highest BCUT2D eigenvalue weighted by Crippen LogP contribution is 2.41. The molecule has 2 amide bonds. The number of fused-ring (bicyclic) bond motifs is 1. The molecule has 3 heterocycles. The van der Waals surface area contributed by atoms with Gasteiger partial charge in [0, 0.05) is 11.4 Å². The van der Waals surface area contributed by atoms with Gasteiger partial charge < -0.3 is 20.4 Å². The molecule has 0 fully saturated rings. The monoisotopic (exact) mass is 555 g/mol. The summed E-state index contributed by atoms with van der Waals surface area (Å²) in [5.41, 5.74) is 3.91. The van der Waals surface area contributed by atoms with Crippen molar-refractivity contribution in [1.82, 2.24) is 10.3 Å². The average Bonchev–Trinajstić information content (AvgIpc) is 3.61. The van der Waals surface area contributed by atoms with Gasteiger partial charge >= 0.3 is 0 Å². The van der Waals surface area contributed by atoms with Gasteiger partial charge in [-0.3, -0.25) is 9.59 Å². The summed E-state index contributed by atoms with van der Waals surface area (Å²) in [6, 6.07) is 21.0. The Bertz CT molecular complexity index is 1600. The number of hydrogen-bond acceptors (Lipinski definition) is 8. The Labute approximate surface area is 233 Å². The normalized spacial score (nSPS) is 15.2. The molecule has 8 nitrogen and oxygen atoms in total. The van der Waals surface area contributed by atoms with Crippen molar-refractivity contribution in [3.63, 3.8) is 0 Å². The molecule has 0 bridgehead atoms. The van der Waals surface area contributed by atoms with E-state index in [1.54, 1.807) is 19.1 Å². The SMILES string of the molecule is CCc1ccc(NC(=O)C2=C(C)NC(SCC(=O)Nc3nc4ccccc4s3)=C(C#N)[C@@H]2c2ccco2)cc1. The van der Waals surface area contributed by atoms with Crippen molar-refractivity contribution in [3.05, 3.63) is 100 Å². The van der Waals surface area contributed by atoms with Crippen LogP contribution in [0.3, 0.4) is 0 Å². The van der Waals surface area contributed by atoms with Gasteiger partial charge in [-0.2, -0.15) is 5.26 Å². The Morgan fingerprint density at radius 3 is 2.62 bits per heavy atom. The predicted octanol–water partition coefficient (Wildman–Crippen LogP) is 6.16. The highest BCUT2D eigenvalue weighted by molar-refractivity contribution is 8.03. The highest BCUT2D eigenvalue weighted by atomic mass is 32.2.